The molecular weight excluding hydrogens is 486 g/mol. The van der Waals surface area contributed by atoms with Crippen LogP contribution in [0.15, 0.2) is 46.1 Å². The van der Waals surface area contributed by atoms with Crippen molar-refractivity contribution in [2.45, 2.75) is 37.4 Å². The van der Waals surface area contributed by atoms with Crippen molar-refractivity contribution >= 4 is 60.4 Å². The van der Waals surface area contributed by atoms with Gasteiger partial charge in [-0.25, -0.2) is 8.42 Å². The van der Waals surface area contributed by atoms with E-state index in [1.165, 1.54) is 32.8 Å². The predicted octanol–water partition coefficient (Wildman–Crippen LogP) is 4.75. The first-order valence-corrected chi connectivity index (χ1v) is 13.7. The van der Waals surface area contributed by atoms with Gasteiger partial charge in [0.2, 0.25) is 0 Å². The molecule has 1 unspecified atom stereocenters. The number of rotatable bonds is 5. The Kier molecular flexibility index (Phi) is 6.74. The second kappa shape index (κ2) is 9.23. The molecule has 1 amide bonds. The third-order valence-corrected chi connectivity index (χ3v) is 10.3. The molecule has 0 bridgehead atoms. The molecule has 4 rings (SSSR count). The minimum absolute atomic E-state index is 0.130. The van der Waals surface area contributed by atoms with Crippen molar-refractivity contribution in [3.05, 3.63) is 57.2 Å². The number of thiazole rings is 1. The zero-order chi connectivity index (χ0) is 23.0. The third kappa shape index (κ3) is 4.49. The number of carbonyl (C=O) groups is 1. The molecule has 3 aromatic rings. The van der Waals surface area contributed by atoms with E-state index in [-0.39, 0.29) is 16.7 Å². The first kappa shape index (κ1) is 23.4. The Bertz CT molecular complexity index is 1370. The number of fused-ring (bicyclic) bond motifs is 1. The number of aromatic nitrogens is 1. The van der Waals surface area contributed by atoms with Crippen molar-refractivity contribution in [2.24, 2.45) is 10.9 Å². The van der Waals surface area contributed by atoms with Crippen LogP contribution in [-0.4, -0.2) is 36.3 Å². The number of thiophene rings is 1. The Hall–Kier alpha value is -1.78. The predicted molar refractivity (Wildman–Crippen MR) is 131 cm³/mol. The fourth-order valence-corrected chi connectivity index (χ4v) is 8.11. The van der Waals surface area contributed by atoms with E-state index in [2.05, 4.69) is 37.6 Å². The lowest BCUT2D eigenvalue weighted by atomic mass is 9.99. The second-order valence-corrected chi connectivity index (χ2v) is 12.8. The highest BCUT2D eigenvalue weighted by Gasteiger charge is 2.34. The smallest absolute Gasteiger partial charge is 0.252 e. The molecule has 6 nitrogen and oxygen atoms in total. The number of carbonyl (C=O) groups excluding carboxylic acids is 1. The molecule has 1 aromatic carbocycles. The van der Waals surface area contributed by atoms with E-state index in [4.69, 9.17) is 11.6 Å². The van der Waals surface area contributed by atoms with Gasteiger partial charge in [-0.1, -0.05) is 29.0 Å². The van der Waals surface area contributed by atoms with Crippen LogP contribution >= 0.6 is 34.3 Å². The summed E-state index contributed by atoms with van der Waals surface area (Å²) < 4.78 is 31.0. The zero-order valence-corrected chi connectivity index (χ0v) is 21.1. The van der Waals surface area contributed by atoms with Gasteiger partial charge < -0.3 is 4.57 Å². The molecule has 0 radical (unpaired) electrons. The lowest BCUT2D eigenvalue weighted by Gasteiger charge is -2.29. The largest absolute Gasteiger partial charge is 0.312 e. The van der Waals surface area contributed by atoms with Crippen LogP contribution in [0.2, 0.25) is 4.34 Å². The Morgan fingerprint density at radius 1 is 1.28 bits per heavy atom. The van der Waals surface area contributed by atoms with Crippen LogP contribution in [-0.2, 0) is 21.4 Å². The number of aryl methyl sites for hydroxylation is 2. The number of sulfonamides is 1. The summed E-state index contributed by atoms with van der Waals surface area (Å²) in [5, 5.41) is 0. The molecule has 32 heavy (non-hydrogen) atoms. The fraction of sp³-hybridized carbons (Fsp3) is 0.364. The SMILES string of the molecule is C=CCn1c(=NC(=O)C2CCCN(S(=O)(=O)c3ccc(Cl)s3)C2)sc2cc(C)c(C)cc21. The molecule has 1 aliphatic rings. The summed E-state index contributed by atoms with van der Waals surface area (Å²) >= 11 is 8.42. The number of hydrogen-bond donors (Lipinski definition) is 0. The maximum atomic E-state index is 13.1. The van der Waals surface area contributed by atoms with Gasteiger partial charge in [-0.3, -0.25) is 4.79 Å². The first-order chi connectivity index (χ1) is 15.2. The number of allylic oxidation sites excluding steroid dienone is 1. The van der Waals surface area contributed by atoms with Gasteiger partial charge >= 0.3 is 0 Å². The summed E-state index contributed by atoms with van der Waals surface area (Å²) in [7, 11) is -3.67. The van der Waals surface area contributed by atoms with Crippen molar-refractivity contribution in [2.75, 3.05) is 13.1 Å². The van der Waals surface area contributed by atoms with E-state index in [0.29, 0.717) is 35.1 Å². The molecular formula is C22H24ClN3O3S3. The molecule has 3 heterocycles. The van der Waals surface area contributed by atoms with Crippen LogP contribution in [0.1, 0.15) is 24.0 Å². The summed E-state index contributed by atoms with van der Waals surface area (Å²) in [6.07, 6.45) is 3.01. The highest BCUT2D eigenvalue weighted by Crippen LogP contribution is 2.31. The molecule has 0 saturated carbocycles. The van der Waals surface area contributed by atoms with Crippen LogP contribution in [0.4, 0.5) is 0 Å². The molecule has 1 fully saturated rings. The number of benzene rings is 1. The van der Waals surface area contributed by atoms with Crippen LogP contribution in [0, 0.1) is 19.8 Å². The Labute approximate surface area is 200 Å². The van der Waals surface area contributed by atoms with Gasteiger partial charge in [-0.05, 0) is 62.1 Å². The zero-order valence-electron chi connectivity index (χ0n) is 17.9. The highest BCUT2D eigenvalue weighted by molar-refractivity contribution is 7.91. The number of nitrogens with zero attached hydrogens (tertiary/aromatic N) is 3. The molecule has 2 aromatic heterocycles. The van der Waals surface area contributed by atoms with Crippen molar-refractivity contribution < 1.29 is 13.2 Å². The Morgan fingerprint density at radius 2 is 2.03 bits per heavy atom. The number of hydrogen-bond acceptors (Lipinski definition) is 5. The maximum Gasteiger partial charge on any atom is 0.252 e. The van der Waals surface area contributed by atoms with Crippen molar-refractivity contribution in [1.29, 1.82) is 0 Å². The third-order valence-electron chi connectivity index (χ3n) is 5.69. The molecule has 1 saturated heterocycles. The average Bonchev–Trinajstić information content (AvgIpc) is 3.33. The molecule has 1 atom stereocenters. The standard InChI is InChI=1S/C22H24ClN3O3S3/c1-4-9-26-17-11-14(2)15(3)12-18(17)30-22(26)24-21(27)16-6-5-10-25(13-16)32(28,29)20-8-7-19(23)31-20/h4,7-8,11-12,16H,1,5-6,9-10,13H2,2-3H3. The first-order valence-electron chi connectivity index (χ1n) is 10.3. The van der Waals surface area contributed by atoms with Crippen molar-refractivity contribution in [3.63, 3.8) is 0 Å². The van der Waals surface area contributed by atoms with Gasteiger partial charge in [0.15, 0.2) is 4.80 Å². The topological polar surface area (TPSA) is 71.7 Å². The van der Waals surface area contributed by atoms with E-state index in [0.717, 1.165) is 21.6 Å². The lowest BCUT2D eigenvalue weighted by Crippen LogP contribution is -2.42. The number of halogens is 1. The minimum atomic E-state index is -3.67. The normalized spacial score (nSPS) is 18.3. The molecule has 10 heteroatoms. The van der Waals surface area contributed by atoms with Crippen LogP contribution in [0.5, 0.6) is 0 Å². The van der Waals surface area contributed by atoms with Gasteiger partial charge in [0, 0.05) is 19.6 Å². The fourth-order valence-electron chi connectivity index (χ4n) is 3.82. The van der Waals surface area contributed by atoms with E-state index in [9.17, 15) is 13.2 Å². The van der Waals surface area contributed by atoms with Crippen molar-refractivity contribution in [1.82, 2.24) is 8.87 Å². The number of piperidine rings is 1. The highest BCUT2D eigenvalue weighted by atomic mass is 35.5. The Morgan fingerprint density at radius 3 is 2.72 bits per heavy atom. The van der Waals surface area contributed by atoms with Crippen LogP contribution < -0.4 is 4.80 Å². The van der Waals surface area contributed by atoms with Gasteiger partial charge in [-0.2, -0.15) is 9.30 Å². The van der Waals surface area contributed by atoms with Gasteiger partial charge in [0.1, 0.15) is 4.21 Å². The molecule has 170 valence electrons. The summed E-state index contributed by atoms with van der Waals surface area (Å²) in [5.41, 5.74) is 3.38. The molecule has 0 spiro atoms. The maximum absolute atomic E-state index is 13.1. The number of amides is 1. The summed E-state index contributed by atoms with van der Waals surface area (Å²) in [5.74, 6) is -0.758. The van der Waals surface area contributed by atoms with Gasteiger partial charge in [0.25, 0.3) is 15.9 Å². The summed E-state index contributed by atoms with van der Waals surface area (Å²) in [4.78, 5) is 18.2. The molecule has 0 aliphatic carbocycles. The lowest BCUT2D eigenvalue weighted by molar-refractivity contribution is -0.122. The quantitative estimate of drug-likeness (QED) is 0.466. The summed E-state index contributed by atoms with van der Waals surface area (Å²) in [6.45, 7) is 9.02. The van der Waals surface area contributed by atoms with E-state index in [1.54, 1.807) is 12.1 Å². The Balaban J connectivity index is 1.65. The van der Waals surface area contributed by atoms with Crippen LogP contribution in [0.3, 0.4) is 0 Å². The second-order valence-electron chi connectivity index (χ2n) is 7.90. The van der Waals surface area contributed by atoms with Gasteiger partial charge in [0.05, 0.1) is 20.5 Å². The van der Waals surface area contributed by atoms with E-state index >= 15 is 0 Å². The van der Waals surface area contributed by atoms with Gasteiger partial charge in [-0.15, -0.1) is 17.9 Å². The average molecular weight is 510 g/mol. The monoisotopic (exact) mass is 509 g/mol. The minimum Gasteiger partial charge on any atom is -0.312 e. The molecule has 1 aliphatic heterocycles. The van der Waals surface area contributed by atoms with E-state index in [1.807, 2.05) is 4.57 Å². The molecule has 0 N–H and O–H groups in total. The van der Waals surface area contributed by atoms with Crippen LogP contribution in [0.25, 0.3) is 10.2 Å². The van der Waals surface area contributed by atoms with Crippen molar-refractivity contribution in [3.8, 4) is 0 Å². The summed E-state index contributed by atoms with van der Waals surface area (Å²) in [6, 6.07) is 7.30. The van der Waals surface area contributed by atoms with E-state index < -0.39 is 15.9 Å².